The van der Waals surface area contributed by atoms with Gasteiger partial charge in [0.05, 0.1) is 0 Å². The van der Waals surface area contributed by atoms with E-state index in [2.05, 4.69) is 13.8 Å². The number of hydrogen-bond acceptors (Lipinski definition) is 1. The summed E-state index contributed by atoms with van der Waals surface area (Å²) < 4.78 is 13.8. The number of benzene rings is 1. The van der Waals surface area contributed by atoms with E-state index in [1.165, 1.54) is 12.5 Å². The first-order chi connectivity index (χ1) is 8.97. The zero-order valence-corrected chi connectivity index (χ0v) is 12.5. The van der Waals surface area contributed by atoms with Crippen LogP contribution in [0, 0.1) is 23.6 Å². The smallest absolute Gasteiger partial charge is 0.126 e. The molecule has 1 aliphatic carbocycles. The highest BCUT2D eigenvalue weighted by Crippen LogP contribution is 2.35. The van der Waals surface area contributed by atoms with Crippen LogP contribution in [0.4, 0.5) is 4.39 Å². The molecule has 0 bridgehead atoms. The molecule has 106 valence electrons. The van der Waals surface area contributed by atoms with Crippen LogP contribution >= 0.6 is 11.6 Å². The molecule has 1 aliphatic rings. The summed E-state index contributed by atoms with van der Waals surface area (Å²) in [4.78, 5) is 0. The van der Waals surface area contributed by atoms with Crippen molar-refractivity contribution in [3.63, 3.8) is 0 Å². The summed E-state index contributed by atoms with van der Waals surface area (Å²) in [5, 5.41) is 0.598. The summed E-state index contributed by atoms with van der Waals surface area (Å²) in [5.41, 5.74) is 6.93. The van der Waals surface area contributed by atoms with Crippen LogP contribution in [0.3, 0.4) is 0 Å². The molecule has 0 aliphatic heterocycles. The average Bonchev–Trinajstić information content (AvgIpc) is 2.36. The van der Waals surface area contributed by atoms with Crippen LogP contribution in [0.25, 0.3) is 0 Å². The molecule has 1 saturated carbocycles. The SMILES string of the molecule is CC(C)C1CCC(N)C(Cc2cc(Cl)ccc2F)C1. The van der Waals surface area contributed by atoms with Gasteiger partial charge in [-0.3, -0.25) is 0 Å². The highest BCUT2D eigenvalue weighted by Gasteiger charge is 2.30. The van der Waals surface area contributed by atoms with Crippen LogP contribution in [0.15, 0.2) is 18.2 Å². The third-order valence-corrected chi connectivity index (χ3v) is 4.75. The Kier molecular flexibility index (Phi) is 4.86. The van der Waals surface area contributed by atoms with Gasteiger partial charge in [0.15, 0.2) is 0 Å². The topological polar surface area (TPSA) is 26.0 Å². The van der Waals surface area contributed by atoms with Crippen LogP contribution in [0.1, 0.15) is 38.7 Å². The molecule has 0 aromatic heterocycles. The number of hydrogen-bond donors (Lipinski definition) is 1. The molecule has 19 heavy (non-hydrogen) atoms. The Morgan fingerprint density at radius 2 is 2.11 bits per heavy atom. The van der Waals surface area contributed by atoms with Crippen molar-refractivity contribution >= 4 is 11.6 Å². The van der Waals surface area contributed by atoms with E-state index in [1.54, 1.807) is 12.1 Å². The first-order valence-corrected chi connectivity index (χ1v) is 7.54. The van der Waals surface area contributed by atoms with Gasteiger partial charge in [-0.1, -0.05) is 25.4 Å². The molecular formula is C16H23ClFN. The van der Waals surface area contributed by atoms with E-state index in [-0.39, 0.29) is 11.9 Å². The molecule has 1 fully saturated rings. The summed E-state index contributed by atoms with van der Waals surface area (Å²) >= 11 is 5.95. The van der Waals surface area contributed by atoms with Gasteiger partial charge in [-0.2, -0.15) is 0 Å². The zero-order chi connectivity index (χ0) is 14.0. The second kappa shape index (κ2) is 6.23. The van der Waals surface area contributed by atoms with Crippen LogP contribution in [-0.2, 0) is 6.42 Å². The Balaban J connectivity index is 2.09. The second-order valence-corrected chi connectivity index (χ2v) is 6.62. The molecule has 1 nitrogen and oxygen atoms in total. The highest BCUT2D eigenvalue weighted by molar-refractivity contribution is 6.30. The van der Waals surface area contributed by atoms with Crippen molar-refractivity contribution in [3.05, 3.63) is 34.6 Å². The number of rotatable bonds is 3. The maximum absolute atomic E-state index is 13.8. The molecule has 2 rings (SSSR count). The highest BCUT2D eigenvalue weighted by atomic mass is 35.5. The molecule has 0 spiro atoms. The number of halogens is 2. The van der Waals surface area contributed by atoms with Gasteiger partial charge in [0, 0.05) is 11.1 Å². The molecular weight excluding hydrogens is 261 g/mol. The summed E-state index contributed by atoms with van der Waals surface area (Å²) in [5.74, 6) is 1.60. The standard InChI is InChI=1S/C16H23ClFN/c1-10(2)11-3-6-16(19)13(7-11)8-12-9-14(17)4-5-15(12)18/h4-5,9-11,13,16H,3,6-8,19H2,1-2H3. The summed E-state index contributed by atoms with van der Waals surface area (Å²) in [6.07, 6.45) is 4.06. The molecule has 0 saturated heterocycles. The minimum absolute atomic E-state index is 0.164. The largest absolute Gasteiger partial charge is 0.327 e. The van der Waals surface area contributed by atoms with E-state index in [0.29, 0.717) is 34.8 Å². The van der Waals surface area contributed by atoms with Gasteiger partial charge in [-0.15, -0.1) is 0 Å². The normalized spacial score (nSPS) is 27.8. The predicted octanol–water partition coefficient (Wildman–Crippen LogP) is 4.42. The van der Waals surface area contributed by atoms with Gasteiger partial charge in [0.25, 0.3) is 0 Å². The Hall–Kier alpha value is -0.600. The van der Waals surface area contributed by atoms with Gasteiger partial charge in [-0.05, 0) is 67.2 Å². The fraction of sp³-hybridized carbons (Fsp3) is 0.625. The summed E-state index contributed by atoms with van der Waals surface area (Å²) in [6, 6.07) is 4.97. The molecule has 0 heterocycles. The van der Waals surface area contributed by atoms with Gasteiger partial charge in [-0.25, -0.2) is 4.39 Å². The van der Waals surface area contributed by atoms with Crippen LogP contribution < -0.4 is 5.73 Å². The van der Waals surface area contributed by atoms with E-state index in [1.807, 2.05) is 0 Å². The lowest BCUT2D eigenvalue weighted by atomic mass is 9.72. The van der Waals surface area contributed by atoms with Crippen molar-refractivity contribution in [3.8, 4) is 0 Å². The lowest BCUT2D eigenvalue weighted by Gasteiger charge is -2.36. The summed E-state index contributed by atoms with van der Waals surface area (Å²) in [6.45, 7) is 4.52. The number of nitrogens with two attached hydrogens (primary N) is 1. The minimum atomic E-state index is -0.164. The lowest BCUT2D eigenvalue weighted by Crippen LogP contribution is -2.38. The van der Waals surface area contributed by atoms with Crippen molar-refractivity contribution < 1.29 is 4.39 Å². The fourth-order valence-corrected chi connectivity index (χ4v) is 3.34. The van der Waals surface area contributed by atoms with E-state index < -0.39 is 0 Å². The Bertz CT molecular complexity index is 433. The Labute approximate surface area is 120 Å². The molecule has 3 atom stereocenters. The Morgan fingerprint density at radius 3 is 2.79 bits per heavy atom. The predicted molar refractivity (Wildman–Crippen MR) is 78.8 cm³/mol. The quantitative estimate of drug-likeness (QED) is 0.873. The molecule has 2 N–H and O–H groups in total. The van der Waals surface area contributed by atoms with Crippen molar-refractivity contribution in [2.24, 2.45) is 23.5 Å². The van der Waals surface area contributed by atoms with E-state index >= 15 is 0 Å². The Morgan fingerprint density at radius 1 is 1.37 bits per heavy atom. The third-order valence-electron chi connectivity index (χ3n) is 4.51. The van der Waals surface area contributed by atoms with Crippen molar-refractivity contribution in [1.29, 1.82) is 0 Å². The molecule has 3 unspecified atom stereocenters. The minimum Gasteiger partial charge on any atom is -0.327 e. The molecule has 0 amide bonds. The van der Waals surface area contributed by atoms with Gasteiger partial charge in [0.2, 0.25) is 0 Å². The van der Waals surface area contributed by atoms with Crippen LogP contribution in [0.5, 0.6) is 0 Å². The molecule has 1 aromatic rings. The van der Waals surface area contributed by atoms with Crippen molar-refractivity contribution in [2.45, 2.75) is 45.6 Å². The van der Waals surface area contributed by atoms with Crippen LogP contribution in [-0.4, -0.2) is 6.04 Å². The van der Waals surface area contributed by atoms with E-state index in [4.69, 9.17) is 17.3 Å². The van der Waals surface area contributed by atoms with E-state index in [9.17, 15) is 4.39 Å². The fourth-order valence-electron chi connectivity index (χ4n) is 3.15. The maximum Gasteiger partial charge on any atom is 0.126 e. The van der Waals surface area contributed by atoms with Gasteiger partial charge < -0.3 is 5.73 Å². The first kappa shape index (κ1) is 14.8. The van der Waals surface area contributed by atoms with Gasteiger partial charge >= 0.3 is 0 Å². The monoisotopic (exact) mass is 283 g/mol. The second-order valence-electron chi connectivity index (χ2n) is 6.18. The molecule has 1 aromatic carbocycles. The van der Waals surface area contributed by atoms with E-state index in [0.717, 1.165) is 12.8 Å². The van der Waals surface area contributed by atoms with Gasteiger partial charge in [0.1, 0.15) is 5.82 Å². The average molecular weight is 284 g/mol. The van der Waals surface area contributed by atoms with Crippen LogP contribution in [0.2, 0.25) is 5.02 Å². The first-order valence-electron chi connectivity index (χ1n) is 7.17. The van der Waals surface area contributed by atoms with Crippen molar-refractivity contribution in [1.82, 2.24) is 0 Å². The maximum atomic E-state index is 13.8. The third kappa shape index (κ3) is 3.70. The van der Waals surface area contributed by atoms with Crippen molar-refractivity contribution in [2.75, 3.05) is 0 Å². The molecule has 0 radical (unpaired) electrons. The molecule has 3 heteroatoms. The summed E-state index contributed by atoms with van der Waals surface area (Å²) in [7, 11) is 0. The lowest BCUT2D eigenvalue weighted by molar-refractivity contribution is 0.188. The zero-order valence-electron chi connectivity index (χ0n) is 11.7.